The summed E-state index contributed by atoms with van der Waals surface area (Å²) in [5.41, 5.74) is -0.363. The molecular weight excluding hydrogens is 268 g/mol. The monoisotopic (exact) mass is 300 g/mol. The van der Waals surface area contributed by atoms with Crippen molar-refractivity contribution >= 4 is 5.91 Å². The highest BCUT2D eigenvalue weighted by Gasteiger charge is 2.44. The van der Waals surface area contributed by atoms with Crippen molar-refractivity contribution in [1.29, 1.82) is 0 Å². The second-order valence-corrected chi connectivity index (χ2v) is 6.25. The number of nitrogens with one attached hydrogen (secondary N) is 1. The van der Waals surface area contributed by atoms with Crippen LogP contribution in [-0.2, 0) is 4.79 Å². The summed E-state index contributed by atoms with van der Waals surface area (Å²) in [5, 5.41) is 21.1. The average Bonchev–Trinajstić information content (AvgIpc) is 2.85. The van der Waals surface area contributed by atoms with Crippen molar-refractivity contribution in [1.82, 2.24) is 10.2 Å². The molecule has 3 N–H and O–H groups in total. The molecule has 1 amide bonds. The summed E-state index contributed by atoms with van der Waals surface area (Å²) in [5.74, 6) is 0.0872. The van der Waals surface area contributed by atoms with Crippen LogP contribution in [0.25, 0.3) is 0 Å². The molecule has 0 bridgehead atoms. The molecule has 0 aromatic heterocycles. The fourth-order valence-electron chi connectivity index (χ4n) is 3.18. The number of hydrogen-bond acceptors (Lipinski definition) is 4. The molecule has 1 rings (SSSR count). The van der Waals surface area contributed by atoms with Gasteiger partial charge in [0.1, 0.15) is 5.54 Å². The van der Waals surface area contributed by atoms with Crippen LogP contribution in [0.3, 0.4) is 0 Å². The van der Waals surface area contributed by atoms with Crippen molar-refractivity contribution in [2.24, 2.45) is 0 Å². The number of carbonyl (C=O) groups excluding carboxylic acids is 1. The summed E-state index contributed by atoms with van der Waals surface area (Å²) in [6, 6.07) is 0. The van der Waals surface area contributed by atoms with E-state index in [1.807, 2.05) is 7.05 Å². The standard InChI is InChI=1S/C16H32N2O3/c1-3-4-5-6-9-16(10-7-12-18(16)2)15(21)17-11-8-14(20)13-19/h14,19-20H,3-13H2,1-2H3,(H,17,21)/t14-,16?/m0/s1. The zero-order valence-corrected chi connectivity index (χ0v) is 13.6. The normalized spacial score (nSPS) is 24.2. The fraction of sp³-hybridized carbons (Fsp3) is 0.938. The Morgan fingerprint density at radius 3 is 2.71 bits per heavy atom. The van der Waals surface area contributed by atoms with Crippen LogP contribution in [0.15, 0.2) is 0 Å². The molecule has 1 fully saturated rings. The van der Waals surface area contributed by atoms with E-state index in [1.165, 1.54) is 19.3 Å². The van der Waals surface area contributed by atoms with Gasteiger partial charge in [0.25, 0.3) is 0 Å². The molecule has 2 atom stereocenters. The fourth-order valence-corrected chi connectivity index (χ4v) is 3.18. The number of likely N-dealkylation sites (N-methyl/N-ethyl adjacent to an activating group) is 1. The number of unbranched alkanes of at least 4 members (excludes halogenated alkanes) is 3. The Balaban J connectivity index is 2.50. The molecule has 0 aromatic rings. The van der Waals surface area contributed by atoms with Crippen molar-refractivity contribution in [2.75, 3.05) is 26.7 Å². The van der Waals surface area contributed by atoms with Crippen molar-refractivity contribution in [3.8, 4) is 0 Å². The lowest BCUT2D eigenvalue weighted by molar-refractivity contribution is -0.131. The van der Waals surface area contributed by atoms with E-state index in [9.17, 15) is 9.90 Å². The Morgan fingerprint density at radius 1 is 1.38 bits per heavy atom. The summed E-state index contributed by atoms with van der Waals surface area (Å²) < 4.78 is 0. The van der Waals surface area contributed by atoms with Gasteiger partial charge in [-0.25, -0.2) is 0 Å². The predicted molar refractivity (Wildman–Crippen MR) is 84.1 cm³/mol. The third-order valence-corrected chi connectivity index (χ3v) is 4.66. The van der Waals surface area contributed by atoms with Crippen molar-refractivity contribution in [3.63, 3.8) is 0 Å². The molecule has 0 saturated carbocycles. The molecule has 21 heavy (non-hydrogen) atoms. The van der Waals surface area contributed by atoms with Crippen LogP contribution in [0, 0.1) is 0 Å². The quantitative estimate of drug-likeness (QED) is 0.531. The molecule has 1 unspecified atom stereocenters. The summed E-state index contributed by atoms with van der Waals surface area (Å²) in [4.78, 5) is 14.8. The van der Waals surface area contributed by atoms with Gasteiger partial charge in [-0.15, -0.1) is 0 Å². The van der Waals surface area contributed by atoms with Gasteiger partial charge in [0.15, 0.2) is 0 Å². The number of amides is 1. The Hall–Kier alpha value is -0.650. The molecule has 1 aliphatic heterocycles. The van der Waals surface area contributed by atoms with E-state index in [0.29, 0.717) is 13.0 Å². The molecule has 1 saturated heterocycles. The van der Waals surface area contributed by atoms with Gasteiger partial charge in [0, 0.05) is 6.54 Å². The van der Waals surface area contributed by atoms with Gasteiger partial charge in [-0.2, -0.15) is 0 Å². The molecule has 124 valence electrons. The lowest BCUT2D eigenvalue weighted by Gasteiger charge is -2.35. The zero-order chi connectivity index (χ0) is 15.7. The highest BCUT2D eigenvalue weighted by Crippen LogP contribution is 2.33. The zero-order valence-electron chi connectivity index (χ0n) is 13.6. The van der Waals surface area contributed by atoms with Gasteiger partial charge in [0.2, 0.25) is 5.91 Å². The maximum absolute atomic E-state index is 12.6. The van der Waals surface area contributed by atoms with E-state index < -0.39 is 6.10 Å². The Kier molecular flexibility index (Phi) is 8.22. The lowest BCUT2D eigenvalue weighted by atomic mass is 9.88. The van der Waals surface area contributed by atoms with Gasteiger partial charge in [-0.1, -0.05) is 32.6 Å². The molecule has 1 heterocycles. The molecule has 5 heteroatoms. The van der Waals surface area contributed by atoms with E-state index >= 15 is 0 Å². The second-order valence-electron chi connectivity index (χ2n) is 6.25. The molecular formula is C16H32N2O3. The van der Waals surface area contributed by atoms with Gasteiger partial charge < -0.3 is 15.5 Å². The minimum atomic E-state index is -0.743. The van der Waals surface area contributed by atoms with Gasteiger partial charge in [0.05, 0.1) is 12.7 Å². The number of aliphatic hydroxyl groups is 2. The lowest BCUT2D eigenvalue weighted by Crippen LogP contribution is -2.54. The summed E-state index contributed by atoms with van der Waals surface area (Å²) in [6.07, 6.45) is 7.26. The third kappa shape index (κ3) is 5.24. The SMILES string of the molecule is CCCCCCC1(C(=O)NCC[C@H](O)CO)CCCN1C. The number of likely N-dealkylation sites (tertiary alicyclic amines) is 1. The number of nitrogens with zero attached hydrogens (tertiary/aromatic N) is 1. The molecule has 0 aromatic carbocycles. The topological polar surface area (TPSA) is 72.8 Å². The van der Waals surface area contributed by atoms with Crippen LogP contribution in [0.5, 0.6) is 0 Å². The van der Waals surface area contributed by atoms with Gasteiger partial charge >= 0.3 is 0 Å². The number of carbonyl (C=O) groups is 1. The minimum absolute atomic E-state index is 0.0872. The maximum Gasteiger partial charge on any atom is 0.240 e. The first-order valence-electron chi connectivity index (χ1n) is 8.35. The summed E-state index contributed by atoms with van der Waals surface area (Å²) in [6.45, 7) is 3.33. The smallest absolute Gasteiger partial charge is 0.240 e. The van der Waals surface area contributed by atoms with Crippen molar-refractivity contribution in [3.05, 3.63) is 0 Å². The Bertz CT molecular complexity index is 312. The highest BCUT2D eigenvalue weighted by molar-refractivity contribution is 5.86. The van der Waals surface area contributed by atoms with Crippen molar-refractivity contribution < 1.29 is 15.0 Å². The van der Waals surface area contributed by atoms with Crippen molar-refractivity contribution in [2.45, 2.75) is 69.9 Å². The number of aliphatic hydroxyl groups excluding tert-OH is 2. The molecule has 0 aliphatic carbocycles. The predicted octanol–water partition coefficient (Wildman–Crippen LogP) is 1.28. The van der Waals surface area contributed by atoms with Crippen LogP contribution < -0.4 is 5.32 Å². The van der Waals surface area contributed by atoms with Gasteiger partial charge in [-0.05, 0) is 39.3 Å². The highest BCUT2D eigenvalue weighted by atomic mass is 16.3. The van der Waals surface area contributed by atoms with Crippen LogP contribution >= 0.6 is 0 Å². The van der Waals surface area contributed by atoms with Crippen LogP contribution in [0.1, 0.15) is 58.3 Å². The first kappa shape index (κ1) is 18.4. The summed E-state index contributed by atoms with van der Waals surface area (Å²) in [7, 11) is 2.04. The van der Waals surface area contributed by atoms with E-state index in [4.69, 9.17) is 5.11 Å². The minimum Gasteiger partial charge on any atom is -0.394 e. The van der Waals surface area contributed by atoms with E-state index in [1.54, 1.807) is 0 Å². The van der Waals surface area contributed by atoms with Gasteiger partial charge in [-0.3, -0.25) is 9.69 Å². The second kappa shape index (κ2) is 9.38. The van der Waals surface area contributed by atoms with E-state index in [-0.39, 0.29) is 18.1 Å². The first-order valence-corrected chi connectivity index (χ1v) is 8.35. The third-order valence-electron chi connectivity index (χ3n) is 4.66. The van der Waals surface area contributed by atoms with E-state index in [2.05, 4.69) is 17.1 Å². The van der Waals surface area contributed by atoms with Crippen LogP contribution in [0.2, 0.25) is 0 Å². The maximum atomic E-state index is 12.6. The molecule has 1 aliphatic rings. The number of hydrogen-bond donors (Lipinski definition) is 3. The molecule has 0 radical (unpaired) electrons. The Labute approximate surface area is 128 Å². The Morgan fingerprint density at radius 2 is 2.14 bits per heavy atom. The average molecular weight is 300 g/mol. The molecule has 0 spiro atoms. The summed E-state index contributed by atoms with van der Waals surface area (Å²) >= 11 is 0. The van der Waals surface area contributed by atoms with Crippen LogP contribution in [-0.4, -0.2) is 59.4 Å². The number of rotatable bonds is 10. The molecule has 5 nitrogen and oxygen atoms in total. The van der Waals surface area contributed by atoms with E-state index in [0.717, 1.165) is 32.2 Å². The first-order chi connectivity index (χ1) is 10.1. The largest absolute Gasteiger partial charge is 0.394 e. The van der Waals surface area contributed by atoms with Crippen LogP contribution in [0.4, 0.5) is 0 Å².